The molecule has 0 radical (unpaired) electrons. The molecule has 3 rings (SSSR count). The van der Waals surface area contributed by atoms with Crippen molar-refractivity contribution >= 4 is 5.69 Å². The predicted molar refractivity (Wildman–Crippen MR) is 65.8 cm³/mol. The molecule has 88 valence electrons. The zero-order chi connectivity index (χ0) is 11.7. The van der Waals surface area contributed by atoms with Gasteiger partial charge in [0.15, 0.2) is 0 Å². The monoisotopic (exact) mass is 229 g/mol. The zero-order valence-electron chi connectivity index (χ0n) is 9.57. The van der Waals surface area contributed by atoms with E-state index in [1.54, 1.807) is 0 Å². The van der Waals surface area contributed by atoms with E-state index < -0.39 is 0 Å². The smallest absolute Gasteiger partial charge is 0.132 e. The summed E-state index contributed by atoms with van der Waals surface area (Å²) in [5.41, 5.74) is 10.0. The number of aromatic nitrogens is 2. The number of ether oxygens (including phenoxy) is 1. The number of benzene rings is 1. The summed E-state index contributed by atoms with van der Waals surface area (Å²) in [5.74, 6) is 0.828. The molecule has 1 heterocycles. The molecule has 2 aromatic rings. The second-order valence-electron chi connectivity index (χ2n) is 4.34. The lowest BCUT2D eigenvalue weighted by Gasteiger charge is -2.05. The molecular formula is C13H15N3O. The summed E-state index contributed by atoms with van der Waals surface area (Å²) in [6, 6.07) is 7.43. The molecule has 3 N–H and O–H groups in total. The van der Waals surface area contributed by atoms with Crippen LogP contribution < -0.4 is 10.5 Å². The highest BCUT2D eigenvalue weighted by molar-refractivity contribution is 5.41. The largest absolute Gasteiger partial charge is 0.487 e. The van der Waals surface area contributed by atoms with Gasteiger partial charge in [-0.2, -0.15) is 5.10 Å². The van der Waals surface area contributed by atoms with Crippen LogP contribution in [0, 0.1) is 0 Å². The number of aromatic amines is 1. The number of fused-ring (bicyclic) bond motifs is 1. The molecule has 0 amide bonds. The highest BCUT2D eigenvalue weighted by Gasteiger charge is 2.18. The highest BCUT2D eigenvalue weighted by Crippen LogP contribution is 2.24. The average Bonchev–Trinajstić information content (AvgIpc) is 2.91. The number of aryl methyl sites for hydroxylation is 1. The van der Waals surface area contributed by atoms with Gasteiger partial charge in [0.05, 0.1) is 0 Å². The van der Waals surface area contributed by atoms with E-state index in [1.165, 1.54) is 17.7 Å². The van der Waals surface area contributed by atoms with Crippen LogP contribution in [-0.2, 0) is 19.4 Å². The minimum absolute atomic E-state index is 0.524. The zero-order valence-corrected chi connectivity index (χ0v) is 9.57. The minimum Gasteiger partial charge on any atom is -0.487 e. The molecule has 0 saturated carbocycles. The number of hydrogen-bond donors (Lipinski definition) is 2. The van der Waals surface area contributed by atoms with Crippen LogP contribution in [0.5, 0.6) is 5.75 Å². The van der Waals surface area contributed by atoms with Crippen molar-refractivity contribution in [3.05, 3.63) is 41.2 Å². The Labute approximate surface area is 99.8 Å². The van der Waals surface area contributed by atoms with Crippen molar-refractivity contribution in [1.29, 1.82) is 0 Å². The maximum absolute atomic E-state index is 5.69. The van der Waals surface area contributed by atoms with Crippen LogP contribution >= 0.6 is 0 Å². The molecule has 1 aliphatic rings. The first-order valence-corrected chi connectivity index (χ1v) is 5.86. The van der Waals surface area contributed by atoms with Crippen molar-refractivity contribution in [1.82, 2.24) is 10.2 Å². The molecule has 1 aromatic carbocycles. The Morgan fingerprint density at radius 3 is 2.88 bits per heavy atom. The normalized spacial score (nSPS) is 13.6. The minimum atomic E-state index is 0.524. The first-order valence-electron chi connectivity index (χ1n) is 5.86. The van der Waals surface area contributed by atoms with Crippen molar-refractivity contribution in [2.75, 3.05) is 5.73 Å². The topological polar surface area (TPSA) is 63.9 Å². The van der Waals surface area contributed by atoms with Crippen LogP contribution in [-0.4, -0.2) is 10.2 Å². The van der Waals surface area contributed by atoms with Gasteiger partial charge in [-0.3, -0.25) is 5.10 Å². The van der Waals surface area contributed by atoms with E-state index in [0.29, 0.717) is 6.61 Å². The fourth-order valence-corrected chi connectivity index (χ4v) is 2.22. The fraction of sp³-hybridized carbons (Fsp3) is 0.308. The summed E-state index contributed by atoms with van der Waals surface area (Å²) in [5, 5.41) is 7.38. The van der Waals surface area contributed by atoms with Gasteiger partial charge >= 0.3 is 0 Å². The van der Waals surface area contributed by atoms with E-state index in [9.17, 15) is 0 Å². The van der Waals surface area contributed by atoms with Crippen LogP contribution in [0.3, 0.4) is 0 Å². The Morgan fingerprint density at radius 1 is 1.24 bits per heavy atom. The fourth-order valence-electron chi connectivity index (χ4n) is 2.22. The summed E-state index contributed by atoms with van der Waals surface area (Å²) >= 11 is 0. The van der Waals surface area contributed by atoms with E-state index in [2.05, 4.69) is 10.2 Å². The van der Waals surface area contributed by atoms with Gasteiger partial charge in [-0.15, -0.1) is 0 Å². The maximum atomic E-state index is 5.69. The van der Waals surface area contributed by atoms with Crippen LogP contribution in [0.4, 0.5) is 5.69 Å². The Kier molecular flexibility index (Phi) is 2.48. The first kappa shape index (κ1) is 10.2. The molecular weight excluding hydrogens is 214 g/mol. The molecule has 1 aliphatic carbocycles. The lowest BCUT2D eigenvalue weighted by atomic mass is 10.2. The molecule has 0 atom stereocenters. The van der Waals surface area contributed by atoms with Crippen LogP contribution in [0.1, 0.15) is 23.4 Å². The Morgan fingerprint density at radius 2 is 2.06 bits per heavy atom. The summed E-state index contributed by atoms with van der Waals surface area (Å²) in [7, 11) is 0. The lowest BCUT2D eigenvalue weighted by Crippen LogP contribution is -1.99. The van der Waals surface area contributed by atoms with E-state index in [4.69, 9.17) is 10.5 Å². The third-order valence-corrected chi connectivity index (χ3v) is 3.15. The van der Waals surface area contributed by atoms with Crippen molar-refractivity contribution in [2.45, 2.75) is 25.9 Å². The van der Waals surface area contributed by atoms with Crippen molar-refractivity contribution in [3.8, 4) is 5.75 Å². The van der Waals surface area contributed by atoms with Gasteiger partial charge in [0.25, 0.3) is 0 Å². The summed E-state index contributed by atoms with van der Waals surface area (Å²) in [6.07, 6.45) is 3.45. The second-order valence-corrected chi connectivity index (χ2v) is 4.34. The number of nitrogens with one attached hydrogen (secondary N) is 1. The van der Waals surface area contributed by atoms with E-state index in [0.717, 1.165) is 30.0 Å². The SMILES string of the molecule is Nc1ccc(OCc2n[nH]c3c2CCC3)cc1. The van der Waals surface area contributed by atoms with Gasteiger partial charge in [-0.1, -0.05) is 0 Å². The number of rotatable bonds is 3. The number of H-pyrrole nitrogens is 1. The first-order chi connectivity index (χ1) is 8.33. The van der Waals surface area contributed by atoms with Gasteiger partial charge in [-0.25, -0.2) is 0 Å². The van der Waals surface area contributed by atoms with E-state index >= 15 is 0 Å². The third-order valence-electron chi connectivity index (χ3n) is 3.15. The van der Waals surface area contributed by atoms with Crippen molar-refractivity contribution in [3.63, 3.8) is 0 Å². The van der Waals surface area contributed by atoms with Gasteiger partial charge in [-0.05, 0) is 49.1 Å². The van der Waals surface area contributed by atoms with E-state index in [1.807, 2.05) is 24.3 Å². The van der Waals surface area contributed by atoms with Crippen LogP contribution in [0.25, 0.3) is 0 Å². The Balaban J connectivity index is 1.69. The maximum Gasteiger partial charge on any atom is 0.132 e. The molecule has 0 fully saturated rings. The molecule has 1 aromatic heterocycles. The number of nitrogens with two attached hydrogens (primary N) is 1. The quantitative estimate of drug-likeness (QED) is 0.792. The average molecular weight is 229 g/mol. The summed E-state index contributed by atoms with van der Waals surface area (Å²) in [6.45, 7) is 0.524. The number of nitrogen functional groups attached to an aromatic ring is 1. The molecule has 0 saturated heterocycles. The predicted octanol–water partition coefficient (Wildman–Crippen LogP) is 2.06. The van der Waals surface area contributed by atoms with Crippen LogP contribution in [0.15, 0.2) is 24.3 Å². The second kappa shape index (κ2) is 4.13. The summed E-state index contributed by atoms with van der Waals surface area (Å²) in [4.78, 5) is 0. The van der Waals surface area contributed by atoms with Crippen LogP contribution in [0.2, 0.25) is 0 Å². The number of hydrogen-bond acceptors (Lipinski definition) is 3. The molecule has 0 aliphatic heterocycles. The van der Waals surface area contributed by atoms with Crippen molar-refractivity contribution < 1.29 is 4.74 Å². The van der Waals surface area contributed by atoms with Gasteiger partial charge in [0.1, 0.15) is 18.1 Å². The summed E-state index contributed by atoms with van der Waals surface area (Å²) < 4.78 is 5.69. The van der Waals surface area contributed by atoms with Crippen molar-refractivity contribution in [2.24, 2.45) is 0 Å². The Bertz CT molecular complexity index is 516. The third kappa shape index (κ3) is 1.98. The molecule has 4 heteroatoms. The standard InChI is InChI=1S/C13H15N3O/c14-9-4-6-10(7-5-9)17-8-13-11-2-1-3-12(11)15-16-13/h4-7H,1-3,8,14H2,(H,15,16). The van der Waals surface area contributed by atoms with Gasteiger partial charge in [0.2, 0.25) is 0 Å². The number of anilines is 1. The molecule has 17 heavy (non-hydrogen) atoms. The molecule has 4 nitrogen and oxygen atoms in total. The lowest BCUT2D eigenvalue weighted by molar-refractivity contribution is 0.300. The van der Waals surface area contributed by atoms with Gasteiger partial charge < -0.3 is 10.5 Å². The highest BCUT2D eigenvalue weighted by atomic mass is 16.5. The molecule has 0 unspecified atom stereocenters. The van der Waals surface area contributed by atoms with E-state index in [-0.39, 0.29) is 0 Å². The molecule has 0 spiro atoms. The Hall–Kier alpha value is -1.97. The number of nitrogens with zero attached hydrogens (tertiary/aromatic N) is 1. The molecule has 0 bridgehead atoms. The van der Waals surface area contributed by atoms with Gasteiger partial charge in [0, 0.05) is 11.4 Å².